The maximum atomic E-state index is 14.0. The van der Waals surface area contributed by atoms with E-state index in [9.17, 15) is 9.50 Å². The summed E-state index contributed by atoms with van der Waals surface area (Å²) in [7, 11) is 0. The molecule has 2 fully saturated rings. The van der Waals surface area contributed by atoms with Crippen molar-refractivity contribution in [2.24, 2.45) is 0 Å². The predicted octanol–water partition coefficient (Wildman–Crippen LogP) is 4.85. The van der Waals surface area contributed by atoms with Gasteiger partial charge in [-0.3, -0.25) is 0 Å². The normalized spacial score (nSPS) is 20.4. The van der Waals surface area contributed by atoms with Crippen LogP contribution in [0.4, 0.5) is 4.39 Å². The van der Waals surface area contributed by atoms with E-state index < -0.39 is 5.60 Å². The zero-order valence-corrected chi connectivity index (χ0v) is 19.5. The van der Waals surface area contributed by atoms with Gasteiger partial charge < -0.3 is 20.1 Å². The minimum absolute atomic E-state index is 0.0869. The number of ether oxygens (including phenoxy) is 1. The third kappa shape index (κ3) is 5.86. The van der Waals surface area contributed by atoms with Gasteiger partial charge in [0.1, 0.15) is 18.2 Å². The molecule has 2 aromatic carbocycles. The molecular weight excluding hydrogens is 459 g/mol. The molecule has 4 rings (SSSR count). The first-order valence-corrected chi connectivity index (χ1v) is 12.1. The van der Waals surface area contributed by atoms with Crippen molar-refractivity contribution >= 4 is 15.9 Å². The smallest absolute Gasteiger partial charge is 0.130 e. The Bertz CT molecular complexity index is 849. The van der Waals surface area contributed by atoms with Gasteiger partial charge in [-0.1, -0.05) is 53.4 Å². The first-order chi connectivity index (χ1) is 15.0. The van der Waals surface area contributed by atoms with E-state index in [4.69, 9.17) is 4.74 Å². The van der Waals surface area contributed by atoms with E-state index in [1.54, 1.807) is 6.07 Å². The number of hydrogen-bond donors (Lipinski definition) is 2. The third-order valence-corrected chi connectivity index (χ3v) is 7.20. The average molecular weight is 491 g/mol. The molecule has 31 heavy (non-hydrogen) atoms. The lowest BCUT2D eigenvalue weighted by molar-refractivity contribution is -0.0316. The van der Waals surface area contributed by atoms with E-state index in [-0.39, 0.29) is 18.3 Å². The molecular formula is C25H32BrFN2O2. The van der Waals surface area contributed by atoms with Gasteiger partial charge in [-0.2, -0.15) is 0 Å². The lowest BCUT2D eigenvalue weighted by atomic mass is 9.72. The summed E-state index contributed by atoms with van der Waals surface area (Å²) in [5, 5.41) is 15.0. The topological polar surface area (TPSA) is 44.7 Å². The highest BCUT2D eigenvalue weighted by atomic mass is 79.9. The molecule has 1 unspecified atom stereocenters. The van der Waals surface area contributed by atoms with Gasteiger partial charge in [-0.25, -0.2) is 4.39 Å². The van der Waals surface area contributed by atoms with Crippen molar-refractivity contribution in [1.82, 2.24) is 10.2 Å². The number of halogens is 2. The molecule has 1 heterocycles. The summed E-state index contributed by atoms with van der Waals surface area (Å²) in [5.41, 5.74) is 1.04. The Labute approximate surface area is 192 Å². The van der Waals surface area contributed by atoms with E-state index >= 15 is 0 Å². The minimum Gasteiger partial charge on any atom is -0.489 e. The largest absolute Gasteiger partial charge is 0.489 e. The van der Waals surface area contributed by atoms with E-state index in [0.29, 0.717) is 15.8 Å². The average Bonchev–Trinajstić information content (AvgIpc) is 2.78. The maximum absolute atomic E-state index is 14.0. The summed E-state index contributed by atoms with van der Waals surface area (Å²) < 4.78 is 20.6. The van der Waals surface area contributed by atoms with Crippen LogP contribution in [-0.2, 0) is 6.61 Å². The van der Waals surface area contributed by atoms with Crippen LogP contribution in [0.5, 0.6) is 5.75 Å². The zero-order valence-electron chi connectivity index (χ0n) is 18.0. The Balaban J connectivity index is 1.47. The summed E-state index contributed by atoms with van der Waals surface area (Å²) in [6.07, 6.45) is 5.13. The fourth-order valence-corrected chi connectivity index (χ4v) is 5.18. The zero-order chi connectivity index (χ0) is 21.7. The van der Waals surface area contributed by atoms with Crippen LogP contribution in [0.25, 0.3) is 0 Å². The van der Waals surface area contributed by atoms with Crippen molar-refractivity contribution in [2.45, 2.75) is 50.2 Å². The minimum atomic E-state index is -0.647. The van der Waals surface area contributed by atoms with Crippen molar-refractivity contribution < 1.29 is 14.2 Å². The highest BCUT2D eigenvalue weighted by molar-refractivity contribution is 9.10. The van der Waals surface area contributed by atoms with Gasteiger partial charge in [0.05, 0.1) is 5.60 Å². The highest BCUT2D eigenvalue weighted by Gasteiger charge is 2.39. The Hall–Kier alpha value is -1.47. The molecule has 4 nitrogen and oxygen atoms in total. The van der Waals surface area contributed by atoms with Gasteiger partial charge in [0.15, 0.2) is 0 Å². The second-order valence-electron chi connectivity index (χ2n) is 8.86. The van der Waals surface area contributed by atoms with Crippen LogP contribution in [0, 0.1) is 5.82 Å². The molecule has 1 aliphatic carbocycles. The molecule has 1 aliphatic heterocycles. The quantitative estimate of drug-likeness (QED) is 0.582. The Kier molecular flexibility index (Phi) is 7.64. The van der Waals surface area contributed by atoms with Crippen molar-refractivity contribution in [3.63, 3.8) is 0 Å². The van der Waals surface area contributed by atoms with E-state index in [1.165, 1.54) is 12.5 Å². The van der Waals surface area contributed by atoms with Gasteiger partial charge >= 0.3 is 0 Å². The van der Waals surface area contributed by atoms with Crippen LogP contribution >= 0.6 is 15.9 Å². The molecule has 0 bridgehead atoms. The summed E-state index contributed by atoms with van der Waals surface area (Å²) in [4.78, 5) is 2.47. The van der Waals surface area contributed by atoms with Crippen molar-refractivity contribution in [2.75, 3.05) is 32.7 Å². The molecule has 6 heteroatoms. The van der Waals surface area contributed by atoms with Crippen molar-refractivity contribution in [3.05, 3.63) is 63.9 Å². The standard InChI is InChI=1S/C25H32BrFN2O2/c26-21-7-4-20(24(27)16-21)18-31-22-8-5-19(6-9-22)23(17-29-14-12-28-13-15-29)25(30)10-2-1-3-11-25/h4-9,16,23,28,30H,1-3,10-15,17-18H2. The van der Waals surface area contributed by atoms with Crippen LogP contribution in [0.2, 0.25) is 0 Å². The predicted molar refractivity (Wildman–Crippen MR) is 125 cm³/mol. The summed E-state index contributed by atoms with van der Waals surface area (Å²) in [6, 6.07) is 13.0. The number of piperazine rings is 1. The SMILES string of the molecule is OC1(C(CN2CCNCC2)c2ccc(OCc3ccc(Br)cc3F)cc2)CCCCC1. The number of benzene rings is 2. The molecule has 0 amide bonds. The fraction of sp³-hybridized carbons (Fsp3) is 0.520. The molecule has 0 aromatic heterocycles. The van der Waals surface area contributed by atoms with Gasteiger partial charge in [-0.15, -0.1) is 0 Å². The van der Waals surface area contributed by atoms with Crippen LogP contribution in [-0.4, -0.2) is 48.3 Å². The van der Waals surface area contributed by atoms with Gasteiger partial charge in [-0.05, 0) is 42.7 Å². The van der Waals surface area contributed by atoms with Gasteiger partial charge in [0.25, 0.3) is 0 Å². The number of aliphatic hydroxyl groups is 1. The first-order valence-electron chi connectivity index (χ1n) is 11.4. The summed E-state index contributed by atoms with van der Waals surface area (Å²) in [5.74, 6) is 0.521. The summed E-state index contributed by atoms with van der Waals surface area (Å²) in [6.45, 7) is 5.11. The molecule has 1 saturated carbocycles. The van der Waals surface area contributed by atoms with Crippen molar-refractivity contribution in [1.29, 1.82) is 0 Å². The third-order valence-electron chi connectivity index (χ3n) is 6.71. The number of hydrogen-bond acceptors (Lipinski definition) is 4. The van der Waals surface area contributed by atoms with Crippen LogP contribution in [0.3, 0.4) is 0 Å². The first kappa shape index (κ1) is 22.7. The van der Waals surface area contributed by atoms with Crippen LogP contribution in [0.1, 0.15) is 49.1 Å². The summed E-state index contributed by atoms with van der Waals surface area (Å²) >= 11 is 3.28. The molecule has 1 atom stereocenters. The van der Waals surface area contributed by atoms with Crippen LogP contribution < -0.4 is 10.1 Å². The Morgan fingerprint density at radius 2 is 1.77 bits per heavy atom. The van der Waals surface area contributed by atoms with Crippen molar-refractivity contribution in [3.8, 4) is 5.75 Å². The fourth-order valence-electron chi connectivity index (χ4n) is 4.85. The number of rotatable bonds is 7. The Morgan fingerprint density at radius 1 is 1.06 bits per heavy atom. The lowest BCUT2D eigenvalue weighted by Crippen LogP contribution is -2.49. The van der Waals surface area contributed by atoms with E-state index in [1.807, 2.05) is 18.2 Å². The van der Waals surface area contributed by atoms with Gasteiger partial charge in [0.2, 0.25) is 0 Å². The molecule has 0 radical (unpaired) electrons. The maximum Gasteiger partial charge on any atom is 0.130 e. The molecule has 168 valence electrons. The number of nitrogens with zero attached hydrogens (tertiary/aromatic N) is 1. The lowest BCUT2D eigenvalue weighted by Gasteiger charge is -2.42. The van der Waals surface area contributed by atoms with Gasteiger partial charge in [0, 0.05) is 48.7 Å². The van der Waals surface area contributed by atoms with Crippen LogP contribution in [0.15, 0.2) is 46.9 Å². The molecule has 2 N–H and O–H groups in total. The second-order valence-corrected chi connectivity index (χ2v) is 9.78. The number of nitrogens with one attached hydrogen (secondary N) is 1. The molecule has 2 aliphatic rings. The molecule has 1 saturated heterocycles. The molecule has 0 spiro atoms. The van der Waals surface area contributed by atoms with E-state index in [2.05, 4.69) is 38.3 Å². The van der Waals surface area contributed by atoms with E-state index in [0.717, 1.165) is 64.0 Å². The Morgan fingerprint density at radius 3 is 2.45 bits per heavy atom. The molecule has 2 aromatic rings. The monoisotopic (exact) mass is 490 g/mol. The second kappa shape index (κ2) is 10.4. The highest BCUT2D eigenvalue weighted by Crippen LogP contribution is 2.41.